The molecule has 0 fully saturated rings. The minimum Gasteiger partial charge on any atom is -0.328 e. The number of aromatic amines is 1. The van der Waals surface area contributed by atoms with Gasteiger partial charge in [0.15, 0.2) is 0 Å². The van der Waals surface area contributed by atoms with Gasteiger partial charge in [0, 0.05) is 17.3 Å². The molecule has 0 saturated heterocycles. The van der Waals surface area contributed by atoms with E-state index in [4.69, 9.17) is 0 Å². The molecular formula is C21H20F3N3O2. The second kappa shape index (κ2) is 8.38. The lowest BCUT2D eigenvalue weighted by Crippen LogP contribution is -2.40. The third kappa shape index (κ3) is 4.42. The number of urea groups is 1. The summed E-state index contributed by atoms with van der Waals surface area (Å²) in [6.45, 7) is 2.34. The summed E-state index contributed by atoms with van der Waals surface area (Å²) < 4.78 is 39.9. The van der Waals surface area contributed by atoms with E-state index in [1.807, 2.05) is 0 Å². The zero-order chi connectivity index (χ0) is 21.1. The van der Waals surface area contributed by atoms with Crippen LogP contribution in [0.5, 0.6) is 0 Å². The largest absolute Gasteiger partial charge is 0.328 e. The van der Waals surface area contributed by atoms with E-state index in [2.05, 4.69) is 10.3 Å². The predicted molar refractivity (Wildman–Crippen MR) is 106 cm³/mol. The van der Waals surface area contributed by atoms with Gasteiger partial charge in [-0.3, -0.25) is 4.79 Å². The van der Waals surface area contributed by atoms with Crippen molar-refractivity contribution >= 4 is 22.5 Å². The molecule has 8 heteroatoms. The number of rotatable bonds is 5. The second-order valence-corrected chi connectivity index (χ2v) is 6.73. The number of fused-ring (bicyclic) bond motifs is 1. The van der Waals surface area contributed by atoms with Crippen molar-refractivity contribution in [2.45, 2.75) is 26.3 Å². The number of anilines is 1. The molecule has 2 N–H and O–H groups in total. The molecule has 29 heavy (non-hydrogen) atoms. The van der Waals surface area contributed by atoms with Crippen LogP contribution in [0.2, 0.25) is 0 Å². The first-order valence-electron chi connectivity index (χ1n) is 9.00. The number of aryl methyl sites for hydroxylation is 1. The highest BCUT2D eigenvalue weighted by Gasteiger charge is 2.26. The van der Waals surface area contributed by atoms with Gasteiger partial charge in [0.25, 0.3) is 12.0 Å². The van der Waals surface area contributed by atoms with Crippen molar-refractivity contribution in [2.75, 3.05) is 11.9 Å². The number of nitrogens with one attached hydrogen (secondary N) is 2. The van der Waals surface area contributed by atoms with Crippen LogP contribution < -0.4 is 10.9 Å². The zero-order valence-corrected chi connectivity index (χ0v) is 15.9. The third-order valence-corrected chi connectivity index (χ3v) is 4.76. The molecule has 0 aliphatic heterocycles. The SMILES string of the molecule is Cc1cc(NC(=O)N(CC(F)F)[C@@H](C)c2c[nH]c(=O)c3ccccc23)ccc1F. The minimum absolute atomic E-state index is 0.298. The van der Waals surface area contributed by atoms with E-state index in [0.717, 1.165) is 4.90 Å². The van der Waals surface area contributed by atoms with E-state index < -0.39 is 30.9 Å². The van der Waals surface area contributed by atoms with Crippen molar-refractivity contribution in [3.05, 3.63) is 76.0 Å². The molecule has 0 spiro atoms. The second-order valence-electron chi connectivity index (χ2n) is 6.73. The van der Waals surface area contributed by atoms with Crippen LogP contribution in [0.3, 0.4) is 0 Å². The van der Waals surface area contributed by atoms with E-state index in [1.165, 1.54) is 31.3 Å². The summed E-state index contributed by atoms with van der Waals surface area (Å²) in [4.78, 5) is 28.4. The molecule has 0 unspecified atom stereocenters. The van der Waals surface area contributed by atoms with Gasteiger partial charge in [-0.1, -0.05) is 18.2 Å². The molecule has 2 aromatic carbocycles. The number of amides is 2. The molecule has 1 aromatic heterocycles. The fraction of sp³-hybridized carbons (Fsp3) is 0.238. The lowest BCUT2D eigenvalue weighted by atomic mass is 10.0. The Morgan fingerprint density at radius 1 is 1.17 bits per heavy atom. The number of hydrogen-bond acceptors (Lipinski definition) is 2. The van der Waals surface area contributed by atoms with E-state index in [9.17, 15) is 22.8 Å². The van der Waals surface area contributed by atoms with Crippen LogP contribution in [0.15, 0.2) is 53.5 Å². The molecule has 3 aromatic rings. The van der Waals surface area contributed by atoms with Gasteiger partial charge in [0.1, 0.15) is 5.82 Å². The molecule has 0 aliphatic rings. The Kier molecular flexibility index (Phi) is 5.91. The lowest BCUT2D eigenvalue weighted by Gasteiger charge is -2.30. The maximum atomic E-state index is 13.4. The number of halogens is 3. The first-order valence-corrected chi connectivity index (χ1v) is 9.00. The van der Waals surface area contributed by atoms with Crippen LogP contribution in [-0.4, -0.2) is 28.9 Å². The monoisotopic (exact) mass is 403 g/mol. The average molecular weight is 403 g/mol. The number of carbonyl (C=O) groups excluding carboxylic acids is 1. The number of carbonyl (C=O) groups is 1. The van der Waals surface area contributed by atoms with E-state index in [0.29, 0.717) is 27.6 Å². The highest BCUT2D eigenvalue weighted by molar-refractivity contribution is 5.91. The van der Waals surface area contributed by atoms with Crippen molar-refractivity contribution in [3.8, 4) is 0 Å². The van der Waals surface area contributed by atoms with Crippen molar-refractivity contribution in [2.24, 2.45) is 0 Å². The Labute approximate surface area is 165 Å². The topological polar surface area (TPSA) is 65.2 Å². The van der Waals surface area contributed by atoms with Gasteiger partial charge in [0.05, 0.1) is 12.6 Å². The highest BCUT2D eigenvalue weighted by Crippen LogP contribution is 2.27. The van der Waals surface area contributed by atoms with Gasteiger partial charge in [-0.2, -0.15) is 0 Å². The van der Waals surface area contributed by atoms with Crippen LogP contribution in [0, 0.1) is 12.7 Å². The quantitative estimate of drug-likeness (QED) is 0.641. The maximum Gasteiger partial charge on any atom is 0.322 e. The molecule has 1 heterocycles. The molecule has 152 valence electrons. The van der Waals surface area contributed by atoms with E-state index >= 15 is 0 Å². The average Bonchev–Trinajstić information content (AvgIpc) is 2.69. The molecule has 3 rings (SSSR count). The molecule has 0 bridgehead atoms. The summed E-state index contributed by atoms with van der Waals surface area (Å²) in [6.07, 6.45) is -1.32. The standard InChI is InChI=1S/C21H20F3N3O2/c1-12-9-14(7-8-18(12)22)26-21(29)27(11-19(23)24)13(2)17-10-25-20(28)16-6-4-3-5-15(16)17/h3-10,13,19H,11H2,1-2H3,(H,25,28)(H,26,29)/t13-/m0/s1. The van der Waals surface area contributed by atoms with Gasteiger partial charge in [-0.05, 0) is 54.6 Å². The minimum atomic E-state index is -2.76. The van der Waals surface area contributed by atoms with Crippen molar-refractivity contribution in [1.29, 1.82) is 0 Å². The van der Waals surface area contributed by atoms with Crippen molar-refractivity contribution < 1.29 is 18.0 Å². The molecule has 0 aliphatic carbocycles. The van der Waals surface area contributed by atoms with E-state index in [-0.39, 0.29) is 5.56 Å². The zero-order valence-electron chi connectivity index (χ0n) is 15.9. The van der Waals surface area contributed by atoms with Gasteiger partial charge in [0.2, 0.25) is 0 Å². The fourth-order valence-electron chi connectivity index (χ4n) is 3.23. The lowest BCUT2D eigenvalue weighted by molar-refractivity contribution is 0.0885. The van der Waals surface area contributed by atoms with Gasteiger partial charge < -0.3 is 15.2 Å². The first-order chi connectivity index (χ1) is 13.8. The summed E-state index contributed by atoms with van der Waals surface area (Å²) in [5.74, 6) is -0.430. The number of benzene rings is 2. The van der Waals surface area contributed by atoms with Crippen LogP contribution in [-0.2, 0) is 0 Å². The highest BCUT2D eigenvalue weighted by atomic mass is 19.3. The molecule has 5 nitrogen and oxygen atoms in total. The summed E-state index contributed by atoms with van der Waals surface area (Å²) in [5.41, 5.74) is 0.851. The Morgan fingerprint density at radius 3 is 2.52 bits per heavy atom. The Hall–Kier alpha value is -3.29. The van der Waals surface area contributed by atoms with Gasteiger partial charge in [-0.15, -0.1) is 0 Å². The van der Waals surface area contributed by atoms with E-state index in [1.54, 1.807) is 31.2 Å². The Morgan fingerprint density at radius 2 is 1.86 bits per heavy atom. The van der Waals surface area contributed by atoms with Crippen LogP contribution in [0.4, 0.5) is 23.7 Å². The summed E-state index contributed by atoms with van der Waals surface area (Å²) >= 11 is 0. The van der Waals surface area contributed by atoms with Gasteiger partial charge in [-0.25, -0.2) is 18.0 Å². The van der Waals surface area contributed by atoms with Crippen LogP contribution in [0.25, 0.3) is 10.8 Å². The maximum absolute atomic E-state index is 13.4. The summed E-state index contributed by atoms with van der Waals surface area (Å²) in [5, 5.41) is 3.52. The summed E-state index contributed by atoms with van der Waals surface area (Å²) in [7, 11) is 0. The third-order valence-electron chi connectivity index (χ3n) is 4.76. The number of H-pyrrole nitrogens is 1. The molecule has 1 atom stereocenters. The summed E-state index contributed by atoms with van der Waals surface area (Å²) in [6, 6.07) is 9.24. The molecular weight excluding hydrogens is 383 g/mol. The van der Waals surface area contributed by atoms with Crippen molar-refractivity contribution in [1.82, 2.24) is 9.88 Å². The predicted octanol–water partition coefficient (Wildman–Crippen LogP) is 4.84. The smallest absolute Gasteiger partial charge is 0.322 e. The normalized spacial score (nSPS) is 12.2. The van der Waals surface area contributed by atoms with Crippen LogP contribution in [0.1, 0.15) is 24.1 Å². The van der Waals surface area contributed by atoms with Crippen molar-refractivity contribution in [3.63, 3.8) is 0 Å². The first kappa shape index (κ1) is 20.4. The number of nitrogens with zero attached hydrogens (tertiary/aromatic N) is 1. The number of aromatic nitrogens is 1. The van der Waals surface area contributed by atoms with Gasteiger partial charge >= 0.3 is 6.03 Å². The number of hydrogen-bond donors (Lipinski definition) is 2. The fourth-order valence-corrected chi connectivity index (χ4v) is 3.23. The molecule has 2 amide bonds. The molecule has 0 radical (unpaired) electrons. The Bertz CT molecular complexity index is 1100. The Balaban J connectivity index is 1.96. The number of pyridine rings is 1. The molecule has 0 saturated carbocycles. The van der Waals surface area contributed by atoms with Crippen LogP contribution >= 0.6 is 0 Å². The number of alkyl halides is 2.